The third kappa shape index (κ3) is 18.4. The number of rotatable bonds is 22. The lowest BCUT2D eigenvalue weighted by molar-refractivity contribution is -0.318. The van der Waals surface area contributed by atoms with Crippen LogP contribution >= 0.6 is 18.5 Å². The van der Waals surface area contributed by atoms with Gasteiger partial charge in [-0.25, -0.2) is 0 Å². The number of likely N-dealkylation sites (N-methyl/N-ethyl adjacent to an activating group) is 1. The van der Waals surface area contributed by atoms with Crippen molar-refractivity contribution in [2.75, 3.05) is 41.0 Å². The Balaban J connectivity index is 1.13. The van der Waals surface area contributed by atoms with Crippen molar-refractivity contribution >= 4 is 41.0 Å². The highest BCUT2D eigenvalue weighted by molar-refractivity contribution is 7.95. The summed E-state index contributed by atoms with van der Waals surface area (Å²) >= 11 is 7.21. The topological polar surface area (TPSA) is 206 Å². The number of esters is 1. The van der Waals surface area contributed by atoms with Crippen LogP contribution in [-0.2, 0) is 49.2 Å². The minimum Gasteiger partial charge on any atom is -0.459 e. The second-order valence-electron chi connectivity index (χ2n) is 26.3. The first-order valence-electron chi connectivity index (χ1n) is 31.8. The third-order valence-corrected chi connectivity index (χ3v) is 21.8. The van der Waals surface area contributed by atoms with Crippen molar-refractivity contribution in [3.8, 4) is 0 Å². The van der Waals surface area contributed by atoms with Crippen molar-refractivity contribution < 1.29 is 68.3 Å². The number of nitrogens with zero attached hydrogens (tertiary/aromatic N) is 2. The van der Waals surface area contributed by atoms with Crippen molar-refractivity contribution in [2.24, 2.45) is 17.8 Å². The molecule has 84 heavy (non-hydrogen) atoms. The Morgan fingerprint density at radius 1 is 0.833 bits per heavy atom. The van der Waals surface area contributed by atoms with E-state index in [0.29, 0.717) is 18.8 Å². The van der Waals surface area contributed by atoms with Crippen molar-refractivity contribution in [2.45, 2.75) is 275 Å². The van der Waals surface area contributed by atoms with Gasteiger partial charge in [-0.1, -0.05) is 125 Å². The molecule has 5 N–H and O–H groups in total. The van der Waals surface area contributed by atoms with Gasteiger partial charge >= 0.3 is 5.97 Å². The number of aryl methyl sites for hydroxylation is 1. The van der Waals surface area contributed by atoms with Gasteiger partial charge < -0.3 is 68.5 Å². The molecule has 478 valence electrons. The highest BCUT2D eigenvalue weighted by Gasteiger charge is 2.53. The maximum Gasteiger partial charge on any atom is 0.311 e. The number of ether oxygens (including phenoxy) is 7. The van der Waals surface area contributed by atoms with E-state index < -0.39 is 109 Å². The summed E-state index contributed by atoms with van der Waals surface area (Å²) in [5, 5.41) is 62.9. The molecule has 19 atom stereocenters. The first kappa shape index (κ1) is 70.7. The number of hydrogen-bond acceptors (Lipinski definition) is 15. The van der Waals surface area contributed by atoms with Crippen LogP contribution in [0.4, 0.5) is 0 Å². The van der Waals surface area contributed by atoms with Crippen molar-refractivity contribution in [3.05, 3.63) is 59.7 Å². The average molecular weight is 1220 g/mol. The molecule has 1 unspecified atom stereocenters. The Morgan fingerprint density at radius 3 is 2.08 bits per heavy atom. The number of carbonyl (C=O) groups excluding carboxylic acids is 2. The van der Waals surface area contributed by atoms with Crippen LogP contribution in [0.2, 0.25) is 0 Å². The molecular weight excluding hydrogens is 1110 g/mol. The summed E-state index contributed by atoms with van der Waals surface area (Å²) in [6.07, 6.45) is 3.08. The summed E-state index contributed by atoms with van der Waals surface area (Å²) in [4.78, 5) is 32.8. The highest BCUT2D eigenvalue weighted by Crippen LogP contribution is 2.43. The van der Waals surface area contributed by atoms with Gasteiger partial charge in [0.05, 0.1) is 54.9 Å². The molecule has 1 amide bonds. The average Bonchev–Trinajstić information content (AvgIpc) is 2.28. The molecule has 4 heterocycles. The molecule has 0 bridgehead atoms. The van der Waals surface area contributed by atoms with Crippen molar-refractivity contribution in [1.29, 1.82) is 0 Å². The maximum absolute atomic E-state index is 14.7. The quantitative estimate of drug-likeness (QED) is 0.0423. The summed E-state index contributed by atoms with van der Waals surface area (Å²) in [7, 11) is 4.30. The number of methoxy groups -OCH3 is 1. The van der Waals surface area contributed by atoms with E-state index in [-0.39, 0.29) is 50.3 Å². The number of halogens is 1. The zero-order chi connectivity index (χ0) is 61.7. The zero-order valence-corrected chi connectivity index (χ0v) is 54.8. The second-order valence-corrected chi connectivity index (χ2v) is 28.9. The molecule has 0 saturated carbocycles. The molecule has 4 fully saturated rings. The van der Waals surface area contributed by atoms with Gasteiger partial charge in [0.2, 0.25) is 5.91 Å². The molecule has 4 aliphatic heterocycles. The molecule has 2 aromatic carbocycles. The lowest BCUT2D eigenvalue weighted by Crippen LogP contribution is -2.60. The number of amides is 1. The molecule has 16 nitrogen and oxygen atoms in total. The fourth-order valence-electron chi connectivity index (χ4n) is 13.8. The van der Waals surface area contributed by atoms with Gasteiger partial charge in [0.25, 0.3) is 0 Å². The summed E-state index contributed by atoms with van der Waals surface area (Å²) < 4.78 is 44.0. The molecule has 6 rings (SSSR count). The Kier molecular flexibility index (Phi) is 27.3. The smallest absolute Gasteiger partial charge is 0.311 e. The number of unbranched alkanes of at least 4 members (excludes halogenated alkanes) is 8. The van der Waals surface area contributed by atoms with Gasteiger partial charge in [-0.05, 0) is 147 Å². The van der Waals surface area contributed by atoms with Crippen LogP contribution in [-0.4, -0.2) is 178 Å². The van der Waals surface area contributed by atoms with Gasteiger partial charge in [-0.15, -0.1) is 0 Å². The zero-order valence-electron chi connectivity index (χ0n) is 53.1. The van der Waals surface area contributed by atoms with Crippen LogP contribution in [0, 0.1) is 17.8 Å². The number of cyclic esters (lactones) is 1. The van der Waals surface area contributed by atoms with Gasteiger partial charge in [-0.3, -0.25) is 9.59 Å². The van der Waals surface area contributed by atoms with Crippen molar-refractivity contribution in [3.63, 3.8) is 0 Å². The molecule has 18 heteroatoms. The Bertz CT molecular complexity index is 2310. The first-order chi connectivity index (χ1) is 39.7. The predicted octanol–water partition coefficient (Wildman–Crippen LogP) is 9.42. The number of aliphatic hydroxyl groups is 5. The summed E-state index contributed by atoms with van der Waals surface area (Å²) in [6, 6.07) is 16.2. The van der Waals surface area contributed by atoms with E-state index in [0.717, 1.165) is 83.8 Å². The highest BCUT2D eigenvalue weighted by atomic mass is 35.7. The second kappa shape index (κ2) is 32.4. The largest absolute Gasteiger partial charge is 0.459 e. The predicted molar refractivity (Wildman–Crippen MR) is 331 cm³/mol. The molecule has 0 aliphatic carbocycles. The summed E-state index contributed by atoms with van der Waals surface area (Å²) in [6.45, 7) is 19.1. The Morgan fingerprint density at radius 2 is 1.46 bits per heavy atom. The van der Waals surface area contributed by atoms with Crippen LogP contribution in [0.1, 0.15) is 189 Å². The van der Waals surface area contributed by atoms with Gasteiger partial charge in [-0.2, -0.15) is 0 Å². The Hall–Kier alpha value is -2.38. The SMILES string of the molecule is CC[C@H]1OC(=O)[C@H](C)[C@@H](O[C@H]2C[C@@](C)(OC)[C@@H](O)[C@H](C)O2)[C@H](C)[C@@H](O[C@@H]2O[C@H](C)C[C@H](N(C)C)[C@H]2O)[C@](C)(O)C[C@@H](C)CN(C(=O)CCCCCCCCCCCc2cc(C3CCOCC3)ccc2P(Cl)c2ccccc2)[C@H](C)[C@@H](O)[C@]1(C)O. The van der Waals surface area contributed by atoms with E-state index in [1.807, 2.05) is 38.9 Å². The minimum atomic E-state index is -2.01. The standard InChI is InChI=1S/C66H108ClN2O14P/c1-14-54-66(10,76)59(72)46(6)69(55(70)30-26-21-19-17-15-16-18-20-23-27-50-38-49(48-33-35-78-36-34-48)31-32-53(50)84(67)51-28-24-22-25-29-51)41-42(2)39-64(8,75)61(83-63-57(71)52(68(11)12)37-43(3)79-63)44(4)58(45(5)62(74)81-54)82-56-40-65(9,77-13)60(73)47(7)80-56/h22,24-25,28-29,31-32,38,42-48,52,54,56-61,63,71-73,75-76H,14-21,23,26-27,30,33-37,39-41H2,1-13H3/t42-,43-,44+,45-,46-,47+,52+,54-,56+,57-,58+,59-,60+,61-,63+,64-,65-,66-,84?/m1/s1. The number of benzene rings is 2. The van der Waals surface area contributed by atoms with Gasteiger partial charge in [0.1, 0.15) is 30.0 Å². The van der Waals surface area contributed by atoms with Gasteiger partial charge in [0.15, 0.2) is 12.6 Å². The van der Waals surface area contributed by atoms with E-state index in [9.17, 15) is 35.1 Å². The lowest BCUT2D eigenvalue weighted by Gasteiger charge is -2.48. The number of hydrogen-bond donors (Lipinski definition) is 5. The summed E-state index contributed by atoms with van der Waals surface area (Å²) in [5.41, 5.74) is -2.02. The van der Waals surface area contributed by atoms with Crippen LogP contribution in [0.5, 0.6) is 0 Å². The molecule has 0 aromatic heterocycles. The first-order valence-corrected chi connectivity index (χ1v) is 34.0. The third-order valence-electron chi connectivity index (χ3n) is 19.1. The van der Waals surface area contributed by atoms with E-state index in [2.05, 4.69) is 42.5 Å². The fourth-order valence-corrected chi connectivity index (χ4v) is 16.0. The van der Waals surface area contributed by atoms with Crippen molar-refractivity contribution in [1.82, 2.24) is 9.80 Å². The normalized spacial score (nSPS) is 36.6. The Labute approximate surface area is 509 Å². The minimum absolute atomic E-state index is 0.0716. The maximum atomic E-state index is 14.7. The van der Waals surface area contributed by atoms with Crippen LogP contribution in [0.3, 0.4) is 0 Å². The van der Waals surface area contributed by atoms with Crippen LogP contribution < -0.4 is 10.6 Å². The van der Waals surface area contributed by atoms with E-state index >= 15 is 0 Å². The molecule has 0 radical (unpaired) electrons. The van der Waals surface area contributed by atoms with Crippen LogP contribution in [0.25, 0.3) is 0 Å². The molecular formula is C66H108ClN2O14P. The molecule has 0 spiro atoms. The molecule has 2 aromatic rings. The van der Waals surface area contributed by atoms with Crippen LogP contribution in [0.15, 0.2) is 48.5 Å². The van der Waals surface area contributed by atoms with Gasteiger partial charge in [0, 0.05) is 51.7 Å². The molecule has 4 aliphatic rings. The van der Waals surface area contributed by atoms with E-state index in [4.69, 9.17) is 44.4 Å². The van der Waals surface area contributed by atoms with E-state index in [1.165, 1.54) is 35.8 Å². The lowest BCUT2D eigenvalue weighted by atomic mass is 9.77. The number of carbonyl (C=O) groups is 2. The summed E-state index contributed by atoms with van der Waals surface area (Å²) in [5.74, 6) is -2.75. The monoisotopic (exact) mass is 1220 g/mol. The molecule has 4 saturated heterocycles. The number of aliphatic hydroxyl groups excluding tert-OH is 3. The fraction of sp³-hybridized carbons (Fsp3) is 0.788. The van der Waals surface area contributed by atoms with E-state index in [1.54, 1.807) is 53.4 Å².